The Labute approximate surface area is 132 Å². The van der Waals surface area contributed by atoms with E-state index in [1.807, 2.05) is 0 Å². The summed E-state index contributed by atoms with van der Waals surface area (Å²) < 4.78 is 37.3. The van der Waals surface area contributed by atoms with E-state index in [2.05, 4.69) is 10.5 Å². The van der Waals surface area contributed by atoms with Crippen molar-refractivity contribution in [1.29, 1.82) is 0 Å². The molecule has 0 fully saturated rings. The smallest absolute Gasteiger partial charge is 0.244 e. The van der Waals surface area contributed by atoms with Crippen LogP contribution in [-0.4, -0.2) is 34.8 Å². The fourth-order valence-corrected chi connectivity index (χ4v) is 3.13. The van der Waals surface area contributed by atoms with Crippen molar-refractivity contribution in [2.24, 2.45) is 0 Å². The molecule has 0 radical (unpaired) electrons. The lowest BCUT2D eigenvalue weighted by atomic mass is 10.1. The third kappa shape index (κ3) is 3.40. The first kappa shape index (κ1) is 15.6. The number of halogens is 1. The van der Waals surface area contributed by atoms with E-state index in [1.54, 1.807) is 6.20 Å². The fraction of sp³-hybridized carbons (Fsp3) is 0.286. The Kier molecular flexibility index (Phi) is 3.90. The van der Waals surface area contributed by atoms with Crippen molar-refractivity contribution < 1.29 is 17.6 Å². The van der Waals surface area contributed by atoms with E-state index in [0.717, 1.165) is 11.8 Å². The second-order valence-electron chi connectivity index (χ2n) is 5.40. The Bertz CT molecular complexity index is 845. The van der Waals surface area contributed by atoms with Crippen molar-refractivity contribution in [1.82, 2.24) is 14.2 Å². The summed E-state index contributed by atoms with van der Waals surface area (Å²) in [4.78, 5) is 13.3. The lowest BCUT2D eigenvalue weighted by Gasteiger charge is -2.13. The number of benzene rings is 1. The molecule has 0 atom stereocenters. The molecule has 3 rings (SSSR count). The second-order valence-corrected chi connectivity index (χ2v) is 7.38. The largest absolute Gasteiger partial charge is 0.273 e. The maximum absolute atomic E-state index is 12.8. The minimum atomic E-state index is -3.29. The highest BCUT2D eigenvalue weighted by Gasteiger charge is 2.29. The molecule has 1 aliphatic rings. The number of amides is 1. The summed E-state index contributed by atoms with van der Waals surface area (Å²) >= 11 is 0. The first-order valence-electron chi connectivity index (χ1n) is 6.88. The molecular weight excluding hydrogens is 323 g/mol. The number of hydrogen-bond donors (Lipinski definition) is 1. The number of nitrogens with zero attached hydrogens (tertiary/aromatic N) is 3. The minimum Gasteiger partial charge on any atom is -0.273 e. The third-order valence-corrected chi connectivity index (χ3v) is 4.80. The summed E-state index contributed by atoms with van der Waals surface area (Å²) in [6.45, 7) is 0.424. The topological polar surface area (TPSA) is 84.3 Å². The van der Waals surface area contributed by atoms with Crippen LogP contribution < -0.4 is 5.43 Å². The van der Waals surface area contributed by atoms with Gasteiger partial charge in [0.1, 0.15) is 5.82 Å². The molecule has 1 N–H and O–H groups in total. The predicted molar refractivity (Wildman–Crippen MR) is 80.8 cm³/mol. The van der Waals surface area contributed by atoms with Crippen LogP contribution in [0.1, 0.15) is 16.8 Å². The van der Waals surface area contributed by atoms with Crippen molar-refractivity contribution in [3.8, 4) is 0 Å². The summed E-state index contributed by atoms with van der Waals surface area (Å²) in [5, 5.41) is 4.05. The number of carbonyl (C=O) groups excluding carboxylic acids is 1. The molecule has 122 valence electrons. The average molecular weight is 338 g/mol. The van der Waals surface area contributed by atoms with Crippen LogP contribution >= 0.6 is 0 Å². The Morgan fingerprint density at radius 2 is 2.00 bits per heavy atom. The fourth-order valence-electron chi connectivity index (χ4n) is 2.40. The maximum Gasteiger partial charge on any atom is 0.244 e. The van der Waals surface area contributed by atoms with Crippen LogP contribution in [0.3, 0.4) is 0 Å². The molecule has 0 unspecified atom stereocenters. The molecule has 2 aromatic rings. The number of nitrogens with one attached hydrogen (secondary N) is 1. The molecule has 0 bridgehead atoms. The second kappa shape index (κ2) is 5.74. The first-order valence-corrected chi connectivity index (χ1v) is 8.73. The summed E-state index contributed by atoms with van der Waals surface area (Å²) in [6, 6.07) is 5.65. The molecule has 0 spiro atoms. The molecule has 2 heterocycles. The first-order chi connectivity index (χ1) is 10.8. The summed E-state index contributed by atoms with van der Waals surface area (Å²) in [5.74, 6) is -0.680. The van der Waals surface area contributed by atoms with Gasteiger partial charge in [-0.2, -0.15) is 14.2 Å². The van der Waals surface area contributed by atoms with Crippen molar-refractivity contribution >= 4 is 15.9 Å². The van der Waals surface area contributed by atoms with Gasteiger partial charge in [-0.1, -0.05) is 12.1 Å². The van der Waals surface area contributed by atoms with Gasteiger partial charge in [-0.3, -0.25) is 4.79 Å². The Hall–Kier alpha value is -2.26. The van der Waals surface area contributed by atoms with Gasteiger partial charge in [0.15, 0.2) is 0 Å². The normalized spacial score (nSPS) is 14.7. The van der Waals surface area contributed by atoms with E-state index < -0.39 is 10.0 Å². The van der Waals surface area contributed by atoms with Crippen LogP contribution in [0.15, 0.2) is 30.5 Å². The van der Waals surface area contributed by atoms with Gasteiger partial charge >= 0.3 is 0 Å². The molecule has 1 aliphatic heterocycles. The zero-order valence-corrected chi connectivity index (χ0v) is 13.2. The van der Waals surface area contributed by atoms with Crippen LogP contribution in [0.2, 0.25) is 0 Å². The monoisotopic (exact) mass is 338 g/mol. The van der Waals surface area contributed by atoms with Gasteiger partial charge in [0.25, 0.3) is 0 Å². The predicted octanol–water partition coefficient (Wildman–Crippen LogP) is 0.610. The van der Waals surface area contributed by atoms with Gasteiger partial charge in [-0.05, 0) is 17.7 Å². The molecule has 0 saturated heterocycles. The average Bonchev–Trinajstić information content (AvgIpc) is 3.03. The highest BCUT2D eigenvalue weighted by atomic mass is 32.2. The van der Waals surface area contributed by atoms with Crippen LogP contribution in [0.25, 0.3) is 0 Å². The number of sulfonamides is 1. The lowest BCUT2D eigenvalue weighted by Crippen LogP contribution is -2.29. The molecule has 7 nitrogen and oxygen atoms in total. The van der Waals surface area contributed by atoms with Crippen LogP contribution in [0.5, 0.6) is 0 Å². The van der Waals surface area contributed by atoms with E-state index in [1.165, 1.54) is 33.4 Å². The van der Waals surface area contributed by atoms with E-state index >= 15 is 0 Å². The lowest BCUT2D eigenvalue weighted by molar-refractivity contribution is -0.116. The van der Waals surface area contributed by atoms with E-state index in [9.17, 15) is 17.6 Å². The number of carbonyl (C=O) groups is 1. The molecular formula is C14H15FN4O3S. The van der Waals surface area contributed by atoms with Crippen molar-refractivity contribution in [2.75, 3.05) is 11.7 Å². The summed E-state index contributed by atoms with van der Waals surface area (Å²) in [6.07, 6.45) is 2.76. The van der Waals surface area contributed by atoms with Crippen molar-refractivity contribution in [2.45, 2.75) is 19.5 Å². The molecule has 1 aromatic heterocycles. The highest BCUT2D eigenvalue weighted by molar-refractivity contribution is 7.88. The van der Waals surface area contributed by atoms with E-state index in [-0.39, 0.29) is 31.2 Å². The highest BCUT2D eigenvalue weighted by Crippen LogP contribution is 2.23. The Morgan fingerprint density at radius 3 is 2.65 bits per heavy atom. The van der Waals surface area contributed by atoms with Gasteiger partial charge in [0.2, 0.25) is 15.9 Å². The van der Waals surface area contributed by atoms with Crippen LogP contribution in [0.4, 0.5) is 4.39 Å². The van der Waals surface area contributed by atoms with E-state index in [0.29, 0.717) is 11.3 Å². The van der Waals surface area contributed by atoms with Gasteiger partial charge in [0, 0.05) is 12.1 Å². The summed E-state index contributed by atoms with van der Waals surface area (Å²) in [5.41, 5.74) is 4.68. The Balaban J connectivity index is 1.68. The molecule has 1 amide bonds. The van der Waals surface area contributed by atoms with Crippen molar-refractivity contribution in [3.63, 3.8) is 0 Å². The number of aromatic nitrogens is 2. The molecule has 23 heavy (non-hydrogen) atoms. The van der Waals surface area contributed by atoms with Crippen LogP contribution in [-0.2, 0) is 34.3 Å². The van der Waals surface area contributed by atoms with Gasteiger partial charge in [0.05, 0.1) is 31.1 Å². The molecule has 0 saturated carbocycles. The SMILES string of the molecule is CS(=O)(=O)N1Cc2cnn(NC(=O)Cc3ccc(F)cc3)c2C1. The molecule has 9 heteroatoms. The quantitative estimate of drug-likeness (QED) is 0.885. The third-order valence-electron chi connectivity index (χ3n) is 3.61. The molecule has 1 aromatic carbocycles. The number of rotatable bonds is 4. The summed E-state index contributed by atoms with van der Waals surface area (Å²) in [7, 11) is -3.29. The van der Waals surface area contributed by atoms with Crippen molar-refractivity contribution in [3.05, 3.63) is 53.1 Å². The minimum absolute atomic E-state index is 0.0741. The number of fused-ring (bicyclic) bond motifs is 1. The Morgan fingerprint density at radius 1 is 1.30 bits per heavy atom. The standard InChI is InChI=1S/C14H15FN4O3S/c1-23(21,22)18-8-11-7-16-19(13(11)9-18)17-14(20)6-10-2-4-12(15)5-3-10/h2-5,7H,6,8-9H2,1H3,(H,17,20). The van der Waals surface area contributed by atoms with Gasteiger partial charge in [-0.25, -0.2) is 18.2 Å². The van der Waals surface area contributed by atoms with Crippen LogP contribution in [0, 0.1) is 5.82 Å². The molecule has 0 aliphatic carbocycles. The zero-order valence-electron chi connectivity index (χ0n) is 12.4. The maximum atomic E-state index is 12.8. The zero-order chi connectivity index (χ0) is 16.6. The van der Waals surface area contributed by atoms with Gasteiger partial charge in [-0.15, -0.1) is 0 Å². The van der Waals surface area contributed by atoms with Gasteiger partial charge < -0.3 is 0 Å². The number of hydrogen-bond acceptors (Lipinski definition) is 4. The van der Waals surface area contributed by atoms with E-state index in [4.69, 9.17) is 0 Å².